The van der Waals surface area contributed by atoms with Gasteiger partial charge in [-0.1, -0.05) is 0 Å². The van der Waals surface area contributed by atoms with Gasteiger partial charge in [-0.2, -0.15) is 0 Å². The number of phenols is 1. The number of methoxy groups -OCH3 is 1. The molecule has 0 aliphatic heterocycles. The van der Waals surface area contributed by atoms with Gasteiger partial charge in [0.05, 0.1) is 13.0 Å². The van der Waals surface area contributed by atoms with Crippen LogP contribution >= 0.6 is 0 Å². The van der Waals surface area contributed by atoms with E-state index < -0.39 is 5.97 Å². The lowest BCUT2D eigenvalue weighted by molar-refractivity contribution is -0.143. The van der Waals surface area contributed by atoms with Crippen molar-refractivity contribution in [2.45, 2.75) is 25.7 Å². The maximum Gasteiger partial charge on any atom is 0.306 e. The van der Waals surface area contributed by atoms with Gasteiger partial charge >= 0.3 is 5.97 Å². The fourth-order valence-corrected chi connectivity index (χ4v) is 2.67. The van der Waals surface area contributed by atoms with E-state index in [0.29, 0.717) is 11.7 Å². The summed E-state index contributed by atoms with van der Waals surface area (Å²) in [6, 6.07) is 5.10. The SMILES string of the molecule is COc1cc(C=NCC2CCC(C(=O)O)CC2)ccc1O. The van der Waals surface area contributed by atoms with Gasteiger partial charge in [-0.15, -0.1) is 0 Å². The minimum Gasteiger partial charge on any atom is -0.504 e. The largest absolute Gasteiger partial charge is 0.504 e. The van der Waals surface area contributed by atoms with Crippen molar-refractivity contribution in [1.29, 1.82) is 0 Å². The first-order valence-electron chi connectivity index (χ1n) is 7.19. The van der Waals surface area contributed by atoms with Gasteiger partial charge in [0.25, 0.3) is 0 Å². The van der Waals surface area contributed by atoms with Crippen molar-refractivity contribution in [3.05, 3.63) is 23.8 Å². The second-order valence-corrected chi connectivity index (χ2v) is 5.48. The highest BCUT2D eigenvalue weighted by atomic mass is 16.5. The molecule has 2 rings (SSSR count). The first kappa shape index (κ1) is 15.4. The van der Waals surface area contributed by atoms with Gasteiger partial charge in [0.15, 0.2) is 11.5 Å². The molecule has 0 bridgehead atoms. The molecule has 5 nitrogen and oxygen atoms in total. The van der Waals surface area contributed by atoms with E-state index >= 15 is 0 Å². The summed E-state index contributed by atoms with van der Waals surface area (Å²) >= 11 is 0. The van der Waals surface area contributed by atoms with E-state index in [-0.39, 0.29) is 11.7 Å². The lowest BCUT2D eigenvalue weighted by Gasteiger charge is -2.24. The lowest BCUT2D eigenvalue weighted by atomic mass is 9.82. The third-order valence-electron chi connectivity index (χ3n) is 4.00. The van der Waals surface area contributed by atoms with Crippen molar-refractivity contribution in [3.8, 4) is 11.5 Å². The Labute approximate surface area is 124 Å². The Morgan fingerprint density at radius 2 is 2.10 bits per heavy atom. The molecule has 0 radical (unpaired) electrons. The maximum atomic E-state index is 10.9. The van der Waals surface area contributed by atoms with E-state index in [1.54, 1.807) is 24.4 Å². The second kappa shape index (κ2) is 7.11. The molecule has 2 N–H and O–H groups in total. The average Bonchev–Trinajstić information content (AvgIpc) is 2.49. The van der Waals surface area contributed by atoms with Crippen LogP contribution in [-0.2, 0) is 4.79 Å². The molecule has 0 saturated heterocycles. The summed E-state index contributed by atoms with van der Waals surface area (Å²) in [4.78, 5) is 15.3. The monoisotopic (exact) mass is 291 g/mol. The fraction of sp³-hybridized carbons (Fsp3) is 0.500. The summed E-state index contributed by atoms with van der Waals surface area (Å²) in [5, 5.41) is 18.5. The van der Waals surface area contributed by atoms with Gasteiger partial charge in [0.2, 0.25) is 0 Å². The fourth-order valence-electron chi connectivity index (χ4n) is 2.67. The highest BCUT2D eigenvalue weighted by Gasteiger charge is 2.25. The van der Waals surface area contributed by atoms with Crippen molar-refractivity contribution < 1.29 is 19.7 Å². The van der Waals surface area contributed by atoms with Crippen molar-refractivity contribution in [1.82, 2.24) is 0 Å². The van der Waals surface area contributed by atoms with Gasteiger partial charge < -0.3 is 14.9 Å². The van der Waals surface area contributed by atoms with Crippen LogP contribution in [0.1, 0.15) is 31.2 Å². The molecule has 0 heterocycles. The van der Waals surface area contributed by atoms with Crippen molar-refractivity contribution in [2.24, 2.45) is 16.8 Å². The number of hydrogen-bond donors (Lipinski definition) is 2. The number of hydrogen-bond acceptors (Lipinski definition) is 4. The number of carboxylic acids is 1. The maximum absolute atomic E-state index is 10.9. The molecular weight excluding hydrogens is 270 g/mol. The number of phenolic OH excluding ortho intramolecular Hbond substituents is 1. The molecule has 1 fully saturated rings. The van der Waals surface area contributed by atoms with E-state index in [2.05, 4.69) is 4.99 Å². The molecule has 0 spiro atoms. The topological polar surface area (TPSA) is 79.1 Å². The van der Waals surface area contributed by atoms with Crippen LogP contribution in [0.15, 0.2) is 23.2 Å². The van der Waals surface area contributed by atoms with Crippen LogP contribution in [0.3, 0.4) is 0 Å². The molecule has 0 aromatic heterocycles. The first-order valence-corrected chi connectivity index (χ1v) is 7.19. The summed E-state index contributed by atoms with van der Waals surface area (Å²) in [7, 11) is 1.51. The molecule has 1 saturated carbocycles. The summed E-state index contributed by atoms with van der Waals surface area (Å²) < 4.78 is 5.05. The first-order chi connectivity index (χ1) is 10.1. The van der Waals surface area contributed by atoms with Crippen LogP contribution in [0.2, 0.25) is 0 Å². The number of benzene rings is 1. The normalized spacial score (nSPS) is 22.3. The lowest BCUT2D eigenvalue weighted by Crippen LogP contribution is -2.22. The highest BCUT2D eigenvalue weighted by molar-refractivity contribution is 5.80. The van der Waals surface area contributed by atoms with Gasteiger partial charge in [-0.3, -0.25) is 9.79 Å². The standard InChI is InChI=1S/C16H21NO4/c1-21-15-8-12(4-7-14(15)18)10-17-9-11-2-5-13(6-3-11)16(19)20/h4,7-8,10-11,13,18H,2-3,5-6,9H2,1H3,(H,19,20). The van der Waals surface area contributed by atoms with E-state index in [1.807, 2.05) is 0 Å². The van der Waals surface area contributed by atoms with Crippen molar-refractivity contribution in [2.75, 3.05) is 13.7 Å². The Morgan fingerprint density at radius 1 is 1.38 bits per heavy atom. The van der Waals surface area contributed by atoms with E-state index in [4.69, 9.17) is 9.84 Å². The van der Waals surface area contributed by atoms with Crippen LogP contribution in [0, 0.1) is 11.8 Å². The molecule has 114 valence electrons. The Bertz CT molecular complexity index is 519. The van der Waals surface area contributed by atoms with Crippen LogP contribution in [0.25, 0.3) is 0 Å². The minimum atomic E-state index is -0.673. The predicted molar refractivity (Wildman–Crippen MR) is 80.2 cm³/mol. The molecule has 0 atom stereocenters. The zero-order chi connectivity index (χ0) is 15.2. The van der Waals surface area contributed by atoms with Crippen molar-refractivity contribution >= 4 is 12.2 Å². The third-order valence-corrected chi connectivity index (χ3v) is 4.00. The van der Waals surface area contributed by atoms with Crippen molar-refractivity contribution in [3.63, 3.8) is 0 Å². The predicted octanol–water partition coefficient (Wildman–Crippen LogP) is 2.71. The molecule has 1 aromatic carbocycles. The summed E-state index contributed by atoms with van der Waals surface area (Å²) in [5.41, 5.74) is 0.879. The Morgan fingerprint density at radius 3 is 2.71 bits per heavy atom. The summed E-state index contributed by atoms with van der Waals surface area (Å²) in [6.07, 6.45) is 5.12. The third kappa shape index (κ3) is 4.21. The number of aliphatic imine (C=N–C) groups is 1. The molecular formula is C16H21NO4. The molecule has 1 aromatic rings. The zero-order valence-corrected chi connectivity index (χ0v) is 12.2. The Hall–Kier alpha value is -2.04. The number of aliphatic carboxylic acids is 1. The van der Waals surface area contributed by atoms with Gasteiger partial charge in [0.1, 0.15) is 0 Å². The van der Waals surface area contributed by atoms with Gasteiger partial charge in [-0.25, -0.2) is 0 Å². The molecule has 1 aliphatic carbocycles. The highest BCUT2D eigenvalue weighted by Crippen LogP contribution is 2.29. The quantitative estimate of drug-likeness (QED) is 0.817. The van der Waals surface area contributed by atoms with Gasteiger partial charge in [-0.05, 0) is 55.4 Å². The number of aromatic hydroxyl groups is 1. The van der Waals surface area contributed by atoms with Gasteiger partial charge in [0, 0.05) is 12.8 Å². The molecule has 0 amide bonds. The number of nitrogens with zero attached hydrogens (tertiary/aromatic N) is 1. The Balaban J connectivity index is 1.84. The number of carboxylic acid groups (broad SMARTS) is 1. The van der Waals surface area contributed by atoms with Crippen LogP contribution in [-0.4, -0.2) is 36.1 Å². The van der Waals surface area contributed by atoms with E-state index in [1.165, 1.54) is 7.11 Å². The molecule has 21 heavy (non-hydrogen) atoms. The molecule has 5 heteroatoms. The van der Waals surface area contributed by atoms with Crippen LogP contribution in [0.4, 0.5) is 0 Å². The summed E-state index contributed by atoms with van der Waals surface area (Å²) in [6.45, 7) is 0.718. The molecule has 1 aliphatic rings. The average molecular weight is 291 g/mol. The Kier molecular flexibility index (Phi) is 5.20. The number of ether oxygens (including phenoxy) is 1. The van der Waals surface area contributed by atoms with Crippen LogP contribution in [0.5, 0.6) is 11.5 Å². The second-order valence-electron chi connectivity index (χ2n) is 5.48. The van der Waals surface area contributed by atoms with Crippen LogP contribution < -0.4 is 4.74 Å². The zero-order valence-electron chi connectivity index (χ0n) is 12.2. The number of rotatable bonds is 5. The van der Waals surface area contributed by atoms with E-state index in [0.717, 1.165) is 37.8 Å². The minimum absolute atomic E-state index is 0.113. The number of carbonyl (C=O) groups is 1. The molecule has 0 unspecified atom stereocenters. The summed E-state index contributed by atoms with van der Waals surface area (Å²) in [5.74, 6) is 0.165. The smallest absolute Gasteiger partial charge is 0.306 e. The van der Waals surface area contributed by atoms with E-state index in [9.17, 15) is 9.90 Å².